The average Bonchev–Trinajstić information content (AvgIpc) is 2.37. The monoisotopic (exact) mass is 462 g/mol. The van der Waals surface area contributed by atoms with Crippen molar-refractivity contribution >= 4 is 34.0 Å². The first-order valence-corrected chi connectivity index (χ1v) is 18.8. The van der Waals surface area contributed by atoms with Crippen molar-refractivity contribution in [3.8, 4) is 0 Å². The maximum atomic E-state index is 12.0. The molecule has 0 aromatic carbocycles. The van der Waals surface area contributed by atoms with Gasteiger partial charge in [0.1, 0.15) is 0 Å². The first kappa shape index (κ1) is 23.3. The Kier molecular flexibility index (Phi) is 14.7. The van der Waals surface area contributed by atoms with E-state index >= 15 is 0 Å². The second kappa shape index (κ2) is 12.6. The van der Waals surface area contributed by atoms with Gasteiger partial charge in [0.2, 0.25) is 0 Å². The Labute approximate surface area is 148 Å². The van der Waals surface area contributed by atoms with Gasteiger partial charge in [-0.1, -0.05) is 48.0 Å². The van der Waals surface area contributed by atoms with Crippen molar-refractivity contribution in [2.75, 3.05) is 0 Å². The Morgan fingerprint density at radius 2 is 1.45 bits per heavy atom. The molecule has 0 rings (SSSR count). The Hall–Kier alpha value is 1.04. The Balaban J connectivity index is 0. The summed E-state index contributed by atoms with van der Waals surface area (Å²) in [4.78, 5) is 12.0. The quantitative estimate of drug-likeness (QED) is 0.191. The number of carbonyl (C=O) groups is 1. The predicted molar refractivity (Wildman–Crippen MR) is 95.0 cm³/mol. The molecule has 20 heavy (non-hydrogen) atoms. The van der Waals surface area contributed by atoms with Gasteiger partial charge in [-0.15, -0.1) is 0 Å². The molecule has 2 nitrogen and oxygen atoms in total. The number of halogens is 1. The summed E-state index contributed by atoms with van der Waals surface area (Å²) in [5.41, 5.74) is 1.40. The van der Waals surface area contributed by atoms with E-state index in [2.05, 4.69) is 68.2 Å². The summed E-state index contributed by atoms with van der Waals surface area (Å²) in [6.45, 7) is 17.0. The first-order chi connectivity index (χ1) is 9.28. The van der Waals surface area contributed by atoms with Crippen molar-refractivity contribution in [2.45, 2.75) is 83.8 Å². The van der Waals surface area contributed by atoms with Crippen LogP contribution in [0, 0.1) is 6.92 Å². The van der Waals surface area contributed by atoms with E-state index in [4.69, 9.17) is 4.43 Å². The molecular formula is C15H31IO2SiZn. The van der Waals surface area contributed by atoms with Gasteiger partial charge in [0.05, 0.1) is 0 Å². The minimum absolute atomic E-state index is 0.00576. The van der Waals surface area contributed by atoms with Gasteiger partial charge in [-0.05, 0) is 23.0 Å². The fraction of sp³-hybridized carbons (Fsp3) is 0.867. The van der Waals surface area contributed by atoms with E-state index in [9.17, 15) is 4.79 Å². The number of rotatable bonds is 8. The third kappa shape index (κ3) is 7.35. The maximum absolute atomic E-state index is 12.0. The van der Waals surface area contributed by atoms with Crippen molar-refractivity contribution in [2.24, 2.45) is 0 Å². The zero-order valence-electron chi connectivity index (χ0n) is 14.2. The molecule has 0 aliphatic heterocycles. The number of unbranched alkanes of at least 4 members (excludes halogenated alkanes) is 2. The molecule has 0 heterocycles. The second-order valence-corrected chi connectivity index (χ2v) is 11.5. The molecule has 0 aromatic heterocycles. The molecule has 0 saturated carbocycles. The molecule has 0 unspecified atom stereocenters. The van der Waals surface area contributed by atoms with Gasteiger partial charge in [-0.25, -0.2) is 0 Å². The van der Waals surface area contributed by atoms with E-state index in [-0.39, 0.29) is 5.97 Å². The molecule has 0 radical (unpaired) electrons. The molecule has 0 saturated heterocycles. The molecule has 0 fully saturated rings. The van der Waals surface area contributed by atoms with Gasteiger partial charge in [-0.2, -0.15) is 6.42 Å². The molecule has 0 spiro atoms. The topological polar surface area (TPSA) is 26.3 Å². The third-order valence-corrected chi connectivity index (χ3v) is 9.87. The fourth-order valence-electron chi connectivity index (χ4n) is 3.05. The zero-order chi connectivity index (χ0) is 16.3. The Morgan fingerprint density at radius 3 is 1.75 bits per heavy atom. The van der Waals surface area contributed by atoms with E-state index in [0.717, 1.165) is 19.3 Å². The van der Waals surface area contributed by atoms with Gasteiger partial charge < -0.3 is 11.3 Å². The van der Waals surface area contributed by atoms with E-state index in [1.807, 2.05) is 0 Å². The Bertz CT molecular complexity index is 236. The van der Waals surface area contributed by atoms with Gasteiger partial charge >= 0.3 is 34.5 Å². The minimum atomic E-state index is -2.02. The standard InChI is InChI=1S/C15H31O2Si.HI.Zn/c1-8-9-10-11-15(16)17-18(12(2)3,13(4)5)14(6)7;;/h12-14H,1,8-11H2,2-7H3;1H;/q-1;;+2/p-1. The van der Waals surface area contributed by atoms with Crippen LogP contribution in [0.15, 0.2) is 0 Å². The van der Waals surface area contributed by atoms with Crippen LogP contribution in [-0.4, -0.2) is 14.3 Å². The third-order valence-electron chi connectivity index (χ3n) is 3.88. The number of hydrogen-bond donors (Lipinski definition) is 0. The molecule has 5 heteroatoms. The molecule has 0 atom stereocenters. The van der Waals surface area contributed by atoms with E-state index in [0.29, 0.717) is 23.0 Å². The van der Waals surface area contributed by atoms with Gasteiger partial charge in [-0.3, -0.25) is 4.79 Å². The van der Waals surface area contributed by atoms with Crippen LogP contribution in [0.25, 0.3) is 0 Å². The Morgan fingerprint density at radius 1 is 1.05 bits per heavy atom. The molecular weight excluding hydrogens is 433 g/mol. The number of carbonyl (C=O) groups excluding carboxylic acids is 1. The predicted octanol–water partition coefficient (Wildman–Crippen LogP) is 5.98. The summed E-state index contributed by atoms with van der Waals surface area (Å²) in [5, 5.41) is 0. The summed E-state index contributed by atoms with van der Waals surface area (Å²) in [6.07, 6.45) is 3.36. The van der Waals surface area contributed by atoms with Crippen molar-refractivity contribution < 1.29 is 24.0 Å². The SMILES string of the molecule is [CH2-]CCCCC(=O)O[Si](C(C)C)(C(C)C)C(C)C.[Zn+][I]. The van der Waals surface area contributed by atoms with Gasteiger partial charge in [0.15, 0.2) is 0 Å². The van der Waals surface area contributed by atoms with Crippen molar-refractivity contribution in [1.82, 2.24) is 0 Å². The fourth-order valence-corrected chi connectivity index (χ4v) is 8.25. The second-order valence-electron chi connectivity index (χ2n) is 6.10. The van der Waals surface area contributed by atoms with Crippen LogP contribution in [0.1, 0.15) is 67.2 Å². The average molecular weight is 464 g/mol. The van der Waals surface area contributed by atoms with E-state index < -0.39 is 8.32 Å². The molecule has 0 amide bonds. The van der Waals surface area contributed by atoms with Gasteiger partial charge in [0, 0.05) is 6.42 Å². The van der Waals surface area contributed by atoms with Crippen LogP contribution in [0.5, 0.6) is 0 Å². The first-order valence-electron chi connectivity index (χ1n) is 7.56. The molecule has 116 valence electrons. The summed E-state index contributed by atoms with van der Waals surface area (Å²) in [6, 6.07) is 0. The summed E-state index contributed by atoms with van der Waals surface area (Å²) in [7, 11) is -2.02. The van der Waals surface area contributed by atoms with Crippen molar-refractivity contribution in [1.29, 1.82) is 0 Å². The summed E-state index contributed by atoms with van der Waals surface area (Å²) < 4.78 is 6.05. The van der Waals surface area contributed by atoms with Crippen LogP contribution in [0.2, 0.25) is 16.6 Å². The van der Waals surface area contributed by atoms with Crippen LogP contribution >= 0.6 is 19.8 Å². The molecule has 0 N–H and O–H groups in total. The summed E-state index contributed by atoms with van der Waals surface area (Å²) >= 11 is 3.62. The van der Waals surface area contributed by atoms with Gasteiger partial charge in [0.25, 0.3) is 14.3 Å². The van der Waals surface area contributed by atoms with Crippen LogP contribution in [-0.2, 0) is 24.0 Å². The van der Waals surface area contributed by atoms with Crippen LogP contribution in [0.3, 0.4) is 0 Å². The van der Waals surface area contributed by atoms with Crippen molar-refractivity contribution in [3.63, 3.8) is 0 Å². The zero-order valence-corrected chi connectivity index (χ0v) is 20.3. The normalized spacial score (nSPS) is 11.7. The van der Waals surface area contributed by atoms with Crippen molar-refractivity contribution in [3.05, 3.63) is 6.92 Å². The molecule has 0 bridgehead atoms. The van der Waals surface area contributed by atoms with E-state index in [1.165, 1.54) is 14.8 Å². The summed E-state index contributed by atoms with van der Waals surface area (Å²) in [5.74, 6) is 0.00576. The van der Waals surface area contributed by atoms with Crippen LogP contribution in [0.4, 0.5) is 0 Å². The molecule has 0 aliphatic carbocycles. The van der Waals surface area contributed by atoms with E-state index in [1.54, 1.807) is 0 Å². The number of hydrogen-bond acceptors (Lipinski definition) is 2. The molecule has 0 aromatic rings. The van der Waals surface area contributed by atoms with Crippen LogP contribution < -0.4 is 0 Å². The molecule has 0 aliphatic rings.